The number of halogens is 1. The summed E-state index contributed by atoms with van der Waals surface area (Å²) in [6.45, 7) is 1.70. The average molecular weight is 345 g/mol. The number of hydrogen-bond acceptors (Lipinski definition) is 6. The Morgan fingerprint density at radius 2 is 2.22 bits per heavy atom. The second-order valence-electron chi connectivity index (χ2n) is 4.90. The first-order chi connectivity index (χ1) is 11.1. The van der Waals surface area contributed by atoms with Crippen molar-refractivity contribution >= 4 is 39.6 Å². The normalized spacial score (nSPS) is 11.2. The molecule has 0 saturated carbocycles. The van der Waals surface area contributed by atoms with Crippen LogP contribution in [-0.4, -0.2) is 25.9 Å². The highest BCUT2D eigenvalue weighted by Crippen LogP contribution is 2.27. The minimum Gasteiger partial charge on any atom is -0.360 e. The summed E-state index contributed by atoms with van der Waals surface area (Å²) in [6.07, 6.45) is 1.67. The van der Waals surface area contributed by atoms with E-state index in [4.69, 9.17) is 16.1 Å². The predicted octanol–water partition coefficient (Wildman–Crippen LogP) is 3.87. The molecule has 1 aromatic carbocycles. The van der Waals surface area contributed by atoms with Gasteiger partial charge < -0.3 is 9.51 Å². The summed E-state index contributed by atoms with van der Waals surface area (Å²) in [5.74, 6) is 0.655. The summed E-state index contributed by atoms with van der Waals surface area (Å²) in [6, 6.07) is 5.37. The number of fused-ring (bicyclic) bond motifs is 1. The number of hydrogen-bond donors (Lipinski definition) is 1. The van der Waals surface area contributed by atoms with E-state index >= 15 is 0 Å². The minimum absolute atomic E-state index is 0.171. The van der Waals surface area contributed by atoms with Crippen molar-refractivity contribution in [3.8, 4) is 11.5 Å². The molecule has 0 unspecified atom stereocenters. The van der Waals surface area contributed by atoms with Crippen LogP contribution in [0.4, 0.5) is 0 Å². The van der Waals surface area contributed by atoms with E-state index in [0.717, 1.165) is 10.9 Å². The van der Waals surface area contributed by atoms with Crippen molar-refractivity contribution in [3.63, 3.8) is 0 Å². The lowest BCUT2D eigenvalue weighted by molar-refractivity contribution is 0.104. The van der Waals surface area contributed by atoms with Gasteiger partial charge in [0.1, 0.15) is 5.69 Å². The van der Waals surface area contributed by atoms with Crippen molar-refractivity contribution in [2.24, 2.45) is 0 Å². The molecule has 3 heterocycles. The molecule has 4 rings (SSSR count). The van der Waals surface area contributed by atoms with Gasteiger partial charge in [0.05, 0.1) is 5.56 Å². The van der Waals surface area contributed by atoms with Crippen LogP contribution in [0.2, 0.25) is 5.02 Å². The van der Waals surface area contributed by atoms with Gasteiger partial charge in [-0.3, -0.25) is 4.79 Å². The Morgan fingerprint density at radius 3 is 3.00 bits per heavy atom. The van der Waals surface area contributed by atoms with E-state index in [2.05, 4.69) is 20.1 Å². The molecule has 0 radical (unpaired) electrons. The molecule has 23 heavy (non-hydrogen) atoms. The van der Waals surface area contributed by atoms with Gasteiger partial charge in [-0.1, -0.05) is 16.8 Å². The second kappa shape index (κ2) is 5.29. The highest BCUT2D eigenvalue weighted by atomic mass is 35.5. The Labute approximate surface area is 139 Å². The number of carbonyl (C=O) groups excluding carboxylic acids is 1. The summed E-state index contributed by atoms with van der Waals surface area (Å²) in [5, 5.41) is 7.26. The molecule has 0 bridgehead atoms. The fourth-order valence-electron chi connectivity index (χ4n) is 2.28. The van der Waals surface area contributed by atoms with E-state index in [1.807, 2.05) is 6.07 Å². The highest BCUT2D eigenvalue weighted by molar-refractivity contribution is 7.12. The van der Waals surface area contributed by atoms with Gasteiger partial charge in [-0.25, -0.2) is 4.98 Å². The maximum absolute atomic E-state index is 12.7. The monoisotopic (exact) mass is 344 g/mol. The van der Waals surface area contributed by atoms with Crippen molar-refractivity contribution < 1.29 is 9.32 Å². The molecule has 0 amide bonds. The van der Waals surface area contributed by atoms with Crippen molar-refractivity contribution in [2.75, 3.05) is 0 Å². The van der Waals surface area contributed by atoms with Crippen LogP contribution in [0.3, 0.4) is 0 Å². The molecule has 0 atom stereocenters. The van der Waals surface area contributed by atoms with E-state index in [0.29, 0.717) is 33.0 Å². The third-order valence-electron chi connectivity index (χ3n) is 3.34. The first-order valence-electron chi connectivity index (χ1n) is 6.69. The number of ketones is 1. The van der Waals surface area contributed by atoms with Gasteiger partial charge in [0, 0.05) is 34.4 Å². The maximum atomic E-state index is 12.7. The van der Waals surface area contributed by atoms with Crippen LogP contribution < -0.4 is 0 Å². The summed E-state index contributed by atoms with van der Waals surface area (Å²) in [4.78, 5) is 24.2. The topological polar surface area (TPSA) is 84.7 Å². The molecule has 0 saturated heterocycles. The zero-order valence-corrected chi connectivity index (χ0v) is 13.4. The number of H-pyrrole nitrogens is 1. The number of aromatic amines is 1. The van der Waals surface area contributed by atoms with Crippen molar-refractivity contribution in [2.45, 2.75) is 6.92 Å². The van der Waals surface area contributed by atoms with Crippen LogP contribution in [0.5, 0.6) is 0 Å². The summed E-state index contributed by atoms with van der Waals surface area (Å²) < 4.78 is 4.93. The van der Waals surface area contributed by atoms with Crippen LogP contribution in [0, 0.1) is 6.92 Å². The van der Waals surface area contributed by atoms with Crippen molar-refractivity contribution in [1.82, 2.24) is 20.1 Å². The third-order valence-corrected chi connectivity index (χ3v) is 4.42. The average Bonchev–Trinajstić information content (AvgIpc) is 3.24. The number of thiazole rings is 1. The molecule has 0 aliphatic rings. The quantitative estimate of drug-likeness (QED) is 0.570. The molecular formula is C15H9ClN4O2S. The van der Waals surface area contributed by atoms with Gasteiger partial charge in [0.2, 0.25) is 17.5 Å². The molecule has 0 fully saturated rings. The summed E-state index contributed by atoms with van der Waals surface area (Å²) in [5.41, 5.74) is 1.91. The van der Waals surface area contributed by atoms with Gasteiger partial charge in [-0.05, 0) is 18.2 Å². The lowest BCUT2D eigenvalue weighted by atomic mass is 10.1. The zero-order chi connectivity index (χ0) is 16.0. The van der Waals surface area contributed by atoms with Crippen molar-refractivity contribution in [3.05, 3.63) is 51.3 Å². The number of nitrogens with one attached hydrogen (secondary N) is 1. The lowest BCUT2D eigenvalue weighted by Crippen LogP contribution is -1.99. The molecule has 114 valence electrons. The number of carbonyl (C=O) groups is 1. The molecule has 8 heteroatoms. The second-order valence-corrected chi connectivity index (χ2v) is 6.19. The fourth-order valence-corrected chi connectivity index (χ4v) is 3.20. The van der Waals surface area contributed by atoms with E-state index < -0.39 is 0 Å². The Bertz CT molecular complexity index is 1030. The largest absolute Gasteiger partial charge is 0.360 e. The van der Waals surface area contributed by atoms with E-state index in [1.165, 1.54) is 11.3 Å². The van der Waals surface area contributed by atoms with Gasteiger partial charge in [-0.2, -0.15) is 4.98 Å². The van der Waals surface area contributed by atoms with Crippen LogP contribution in [0.1, 0.15) is 21.3 Å². The Kier molecular flexibility index (Phi) is 3.24. The molecule has 6 nitrogen and oxygen atoms in total. The fraction of sp³-hybridized carbons (Fsp3) is 0.0667. The van der Waals surface area contributed by atoms with Crippen LogP contribution in [0.15, 0.2) is 34.3 Å². The summed E-state index contributed by atoms with van der Waals surface area (Å²) in [7, 11) is 0. The lowest BCUT2D eigenvalue weighted by Gasteiger charge is -1.96. The number of aryl methyl sites for hydroxylation is 1. The van der Waals surface area contributed by atoms with E-state index in [9.17, 15) is 4.79 Å². The number of nitrogens with zero attached hydrogens (tertiary/aromatic N) is 3. The van der Waals surface area contributed by atoms with Crippen LogP contribution in [-0.2, 0) is 0 Å². The molecule has 0 spiro atoms. The molecule has 0 aliphatic heterocycles. The van der Waals surface area contributed by atoms with Crippen molar-refractivity contribution in [1.29, 1.82) is 0 Å². The minimum atomic E-state index is -0.171. The molecule has 3 aromatic heterocycles. The molecule has 0 aliphatic carbocycles. The van der Waals surface area contributed by atoms with Gasteiger partial charge in [0.25, 0.3) is 0 Å². The maximum Gasteiger partial charge on any atom is 0.223 e. The molecular weight excluding hydrogens is 336 g/mol. The van der Waals surface area contributed by atoms with Crippen LogP contribution >= 0.6 is 22.9 Å². The van der Waals surface area contributed by atoms with E-state index in [1.54, 1.807) is 30.6 Å². The first-order valence-corrected chi connectivity index (χ1v) is 7.95. The number of benzene rings is 1. The molecule has 1 N–H and O–H groups in total. The number of rotatable bonds is 3. The van der Waals surface area contributed by atoms with Gasteiger partial charge >= 0.3 is 0 Å². The van der Waals surface area contributed by atoms with Crippen LogP contribution in [0.25, 0.3) is 22.4 Å². The van der Waals surface area contributed by atoms with Gasteiger partial charge in [0.15, 0.2) is 5.01 Å². The highest BCUT2D eigenvalue weighted by Gasteiger charge is 2.19. The first kappa shape index (κ1) is 14.1. The van der Waals surface area contributed by atoms with E-state index in [-0.39, 0.29) is 5.78 Å². The Hall–Kier alpha value is -2.51. The Morgan fingerprint density at radius 1 is 1.35 bits per heavy atom. The Balaban J connectivity index is 1.74. The summed E-state index contributed by atoms with van der Waals surface area (Å²) >= 11 is 7.26. The standard InChI is InChI=1S/C15H9ClN4O2S/c1-7-18-14(20-22-7)12-6-23-15(19-12)13(21)10-5-17-11-3-2-8(16)4-9(10)11/h2-6,17H,1H3. The zero-order valence-electron chi connectivity index (χ0n) is 11.8. The SMILES string of the molecule is Cc1nc(-c2csc(C(=O)c3c[nH]c4ccc(Cl)cc34)n2)no1. The third kappa shape index (κ3) is 2.43. The number of aromatic nitrogens is 4. The predicted molar refractivity (Wildman–Crippen MR) is 86.9 cm³/mol. The smallest absolute Gasteiger partial charge is 0.223 e. The van der Waals surface area contributed by atoms with Gasteiger partial charge in [-0.15, -0.1) is 11.3 Å². The molecule has 4 aromatic rings.